The summed E-state index contributed by atoms with van der Waals surface area (Å²) in [4.78, 5) is 4.25. The zero-order valence-electron chi connectivity index (χ0n) is 8.62. The minimum Gasteiger partial charge on any atom is -0.390 e. The Labute approximate surface area is 114 Å². The standard InChI is InChI=1S/C12H8Cl3NO/c13-7-4-9(14)12(10(15)5-7)11-3-1-2-8(6-17)16-11/h1-5,17H,6H2. The largest absolute Gasteiger partial charge is 0.390 e. The van der Waals surface area contributed by atoms with Crippen molar-refractivity contribution in [1.82, 2.24) is 4.98 Å². The second-order valence-electron chi connectivity index (χ2n) is 3.42. The van der Waals surface area contributed by atoms with E-state index in [0.717, 1.165) is 0 Å². The van der Waals surface area contributed by atoms with Crippen LogP contribution in [0.5, 0.6) is 0 Å². The Morgan fingerprint density at radius 1 is 1.06 bits per heavy atom. The number of benzene rings is 1. The number of aliphatic hydroxyl groups is 1. The molecule has 0 saturated carbocycles. The predicted molar refractivity (Wildman–Crippen MR) is 70.6 cm³/mol. The molecule has 1 aromatic carbocycles. The minimum atomic E-state index is -0.128. The molecule has 2 aromatic rings. The van der Waals surface area contributed by atoms with Crippen molar-refractivity contribution < 1.29 is 5.11 Å². The average Bonchev–Trinajstić information content (AvgIpc) is 2.28. The zero-order chi connectivity index (χ0) is 12.4. The number of nitrogens with zero attached hydrogens (tertiary/aromatic N) is 1. The van der Waals surface area contributed by atoms with Crippen LogP contribution in [-0.2, 0) is 6.61 Å². The van der Waals surface area contributed by atoms with E-state index in [1.165, 1.54) is 0 Å². The van der Waals surface area contributed by atoms with Crippen molar-refractivity contribution in [1.29, 1.82) is 0 Å². The van der Waals surface area contributed by atoms with E-state index in [0.29, 0.717) is 32.0 Å². The highest BCUT2D eigenvalue weighted by molar-refractivity contribution is 6.41. The second-order valence-corrected chi connectivity index (χ2v) is 4.67. The van der Waals surface area contributed by atoms with E-state index in [1.54, 1.807) is 30.3 Å². The van der Waals surface area contributed by atoms with Gasteiger partial charge in [-0.3, -0.25) is 4.98 Å². The maximum atomic E-state index is 9.04. The summed E-state index contributed by atoms with van der Waals surface area (Å²) in [5.74, 6) is 0. The SMILES string of the molecule is OCc1cccc(-c2c(Cl)cc(Cl)cc2Cl)n1. The van der Waals surface area contributed by atoms with Crippen molar-refractivity contribution in [3.05, 3.63) is 51.1 Å². The normalized spacial score (nSPS) is 10.6. The summed E-state index contributed by atoms with van der Waals surface area (Å²) in [5, 5.41) is 10.4. The number of hydrogen-bond acceptors (Lipinski definition) is 2. The first-order valence-corrected chi connectivity index (χ1v) is 5.97. The number of pyridine rings is 1. The predicted octanol–water partition coefficient (Wildman–Crippen LogP) is 4.20. The number of hydrogen-bond donors (Lipinski definition) is 1. The molecular formula is C12H8Cl3NO. The van der Waals surface area contributed by atoms with Crippen molar-refractivity contribution in [2.45, 2.75) is 6.61 Å². The van der Waals surface area contributed by atoms with E-state index < -0.39 is 0 Å². The van der Waals surface area contributed by atoms with Crippen molar-refractivity contribution in [3.8, 4) is 11.3 Å². The van der Waals surface area contributed by atoms with Gasteiger partial charge in [-0.2, -0.15) is 0 Å². The molecule has 2 rings (SSSR count). The van der Waals surface area contributed by atoms with Crippen LogP contribution in [0.1, 0.15) is 5.69 Å². The molecule has 1 heterocycles. The van der Waals surface area contributed by atoms with Crippen LogP contribution in [0.25, 0.3) is 11.3 Å². The van der Waals surface area contributed by atoms with Crippen LogP contribution in [0.3, 0.4) is 0 Å². The van der Waals surface area contributed by atoms with Gasteiger partial charge in [0, 0.05) is 10.6 Å². The molecule has 0 aliphatic rings. The highest BCUT2D eigenvalue weighted by Crippen LogP contribution is 2.36. The lowest BCUT2D eigenvalue weighted by Crippen LogP contribution is -1.92. The van der Waals surface area contributed by atoms with E-state index >= 15 is 0 Å². The molecule has 0 amide bonds. The smallest absolute Gasteiger partial charge is 0.0853 e. The van der Waals surface area contributed by atoms with E-state index in [9.17, 15) is 0 Å². The first-order chi connectivity index (χ1) is 8.11. The summed E-state index contributed by atoms with van der Waals surface area (Å²) < 4.78 is 0. The summed E-state index contributed by atoms with van der Waals surface area (Å²) in [6.45, 7) is -0.128. The van der Waals surface area contributed by atoms with Gasteiger partial charge in [0.1, 0.15) is 0 Å². The maximum absolute atomic E-state index is 9.04. The Bertz CT molecular complexity index is 534. The van der Waals surface area contributed by atoms with Crippen molar-refractivity contribution in [3.63, 3.8) is 0 Å². The van der Waals surface area contributed by atoms with Gasteiger partial charge in [-0.1, -0.05) is 40.9 Å². The first-order valence-electron chi connectivity index (χ1n) is 4.83. The fourth-order valence-corrected chi connectivity index (χ4v) is 2.50. The molecule has 0 aliphatic heterocycles. The van der Waals surface area contributed by atoms with Crippen LogP contribution in [0.4, 0.5) is 0 Å². The molecular weight excluding hydrogens is 280 g/mol. The van der Waals surface area contributed by atoms with Gasteiger partial charge in [0.15, 0.2) is 0 Å². The van der Waals surface area contributed by atoms with E-state index in [1.807, 2.05) is 0 Å². The molecule has 0 radical (unpaired) electrons. The lowest BCUT2D eigenvalue weighted by molar-refractivity contribution is 0.277. The van der Waals surface area contributed by atoms with Crippen molar-refractivity contribution >= 4 is 34.8 Å². The highest BCUT2D eigenvalue weighted by Gasteiger charge is 2.11. The fraction of sp³-hybridized carbons (Fsp3) is 0.0833. The Morgan fingerprint density at radius 3 is 2.29 bits per heavy atom. The molecule has 0 bridgehead atoms. The topological polar surface area (TPSA) is 33.1 Å². The van der Waals surface area contributed by atoms with Crippen LogP contribution in [-0.4, -0.2) is 10.1 Å². The van der Waals surface area contributed by atoms with Gasteiger partial charge >= 0.3 is 0 Å². The van der Waals surface area contributed by atoms with Gasteiger partial charge in [-0.25, -0.2) is 0 Å². The highest BCUT2D eigenvalue weighted by atomic mass is 35.5. The summed E-state index contributed by atoms with van der Waals surface area (Å²) in [7, 11) is 0. The monoisotopic (exact) mass is 287 g/mol. The summed E-state index contributed by atoms with van der Waals surface area (Å²) in [6.07, 6.45) is 0. The summed E-state index contributed by atoms with van der Waals surface area (Å²) in [6, 6.07) is 8.51. The van der Waals surface area contributed by atoms with Gasteiger partial charge in [-0.05, 0) is 24.3 Å². The van der Waals surface area contributed by atoms with E-state index in [-0.39, 0.29) is 6.61 Å². The quantitative estimate of drug-likeness (QED) is 0.898. The molecule has 0 spiro atoms. The summed E-state index contributed by atoms with van der Waals surface area (Å²) >= 11 is 18.0. The lowest BCUT2D eigenvalue weighted by Gasteiger charge is -2.08. The molecule has 0 atom stereocenters. The van der Waals surface area contributed by atoms with Crippen LogP contribution in [0.15, 0.2) is 30.3 Å². The Morgan fingerprint density at radius 2 is 1.71 bits per heavy atom. The minimum absolute atomic E-state index is 0.128. The third-order valence-electron chi connectivity index (χ3n) is 2.23. The molecule has 0 fully saturated rings. The van der Waals surface area contributed by atoms with Gasteiger partial charge in [-0.15, -0.1) is 0 Å². The van der Waals surface area contributed by atoms with Gasteiger partial charge < -0.3 is 5.11 Å². The Hall–Kier alpha value is -0.800. The average molecular weight is 289 g/mol. The van der Waals surface area contributed by atoms with Crippen molar-refractivity contribution in [2.24, 2.45) is 0 Å². The maximum Gasteiger partial charge on any atom is 0.0853 e. The number of rotatable bonds is 2. The van der Waals surface area contributed by atoms with Crippen LogP contribution in [0, 0.1) is 0 Å². The van der Waals surface area contributed by atoms with E-state index in [2.05, 4.69) is 4.98 Å². The molecule has 2 nitrogen and oxygen atoms in total. The third kappa shape index (κ3) is 2.72. The van der Waals surface area contributed by atoms with Crippen molar-refractivity contribution in [2.75, 3.05) is 0 Å². The zero-order valence-corrected chi connectivity index (χ0v) is 10.9. The Balaban J connectivity index is 2.60. The number of aliphatic hydroxyl groups excluding tert-OH is 1. The molecule has 17 heavy (non-hydrogen) atoms. The number of halogens is 3. The molecule has 0 unspecified atom stereocenters. The molecule has 88 valence electrons. The Kier molecular flexibility index (Phi) is 3.89. The second kappa shape index (κ2) is 5.23. The van der Waals surface area contributed by atoms with Gasteiger partial charge in [0.25, 0.3) is 0 Å². The molecule has 5 heteroatoms. The first kappa shape index (κ1) is 12.7. The molecule has 0 aliphatic carbocycles. The third-order valence-corrected chi connectivity index (χ3v) is 3.05. The number of aromatic nitrogens is 1. The van der Waals surface area contributed by atoms with E-state index in [4.69, 9.17) is 39.9 Å². The lowest BCUT2D eigenvalue weighted by atomic mass is 10.1. The fourth-order valence-electron chi connectivity index (χ4n) is 1.49. The molecule has 1 N–H and O–H groups in total. The van der Waals surface area contributed by atoms with Gasteiger partial charge in [0.2, 0.25) is 0 Å². The van der Waals surface area contributed by atoms with Gasteiger partial charge in [0.05, 0.1) is 28.0 Å². The van der Waals surface area contributed by atoms with Crippen LogP contribution < -0.4 is 0 Å². The summed E-state index contributed by atoms with van der Waals surface area (Å²) in [5.41, 5.74) is 1.79. The molecule has 0 saturated heterocycles. The van der Waals surface area contributed by atoms with Crippen LogP contribution in [0.2, 0.25) is 15.1 Å². The van der Waals surface area contributed by atoms with Crippen LogP contribution >= 0.6 is 34.8 Å². The molecule has 1 aromatic heterocycles.